The third kappa shape index (κ3) is 8.61. The summed E-state index contributed by atoms with van der Waals surface area (Å²) in [6.45, 7) is 3.12. The molecule has 0 aromatic rings. The van der Waals surface area contributed by atoms with Crippen LogP contribution in [0.25, 0.3) is 0 Å². The van der Waals surface area contributed by atoms with Crippen molar-refractivity contribution in [1.29, 1.82) is 0 Å². The van der Waals surface area contributed by atoms with Gasteiger partial charge in [-0.2, -0.15) is 0 Å². The van der Waals surface area contributed by atoms with Crippen molar-refractivity contribution in [2.75, 3.05) is 40.5 Å². The number of ether oxygens (including phenoxy) is 1. The van der Waals surface area contributed by atoms with Crippen molar-refractivity contribution in [3.63, 3.8) is 0 Å². The number of hydrogen-bond donors (Lipinski definition) is 0. The highest BCUT2D eigenvalue weighted by atomic mass is 127. The predicted molar refractivity (Wildman–Crippen MR) is 49.3 cm³/mol. The molecule has 0 unspecified atom stereocenters. The van der Waals surface area contributed by atoms with Crippen LogP contribution in [0, 0.1) is 0 Å². The first-order valence-corrected chi connectivity index (χ1v) is 4.11. The highest BCUT2D eigenvalue weighted by molar-refractivity contribution is 14.1. The van der Waals surface area contributed by atoms with E-state index < -0.39 is 0 Å². The van der Waals surface area contributed by atoms with Gasteiger partial charge in [0.1, 0.15) is 23.0 Å². The molecule has 0 heterocycles. The molecule has 3 nitrogen and oxygen atoms in total. The third-order valence-corrected chi connectivity index (χ3v) is 1.43. The lowest BCUT2D eigenvalue weighted by Crippen LogP contribution is -2.18. The minimum atomic E-state index is 0.675. The van der Waals surface area contributed by atoms with Crippen LogP contribution in [0.2, 0.25) is 0 Å². The van der Waals surface area contributed by atoms with Gasteiger partial charge in [0, 0.05) is 6.54 Å². The summed E-state index contributed by atoms with van der Waals surface area (Å²) in [5.74, 6) is 0. The second-order valence-electron chi connectivity index (χ2n) is 2.23. The molecule has 62 valence electrons. The fraction of sp³-hybridized carbons (Fsp3) is 1.00. The number of rotatable bonds is 6. The molecule has 10 heavy (non-hydrogen) atoms. The quantitative estimate of drug-likeness (QED) is 0.523. The molecular weight excluding hydrogens is 245 g/mol. The molecule has 0 amide bonds. The fourth-order valence-corrected chi connectivity index (χ4v) is 0.619. The molecular formula is C6H14INO2. The van der Waals surface area contributed by atoms with E-state index in [1.807, 2.05) is 37.1 Å². The van der Waals surface area contributed by atoms with E-state index in [0.29, 0.717) is 13.2 Å². The molecule has 0 fully saturated rings. The molecule has 0 atom stereocenters. The monoisotopic (exact) mass is 259 g/mol. The average Bonchev–Trinajstić information content (AvgIpc) is 1.87. The van der Waals surface area contributed by atoms with Crippen LogP contribution in [0.1, 0.15) is 0 Å². The zero-order valence-corrected chi connectivity index (χ0v) is 8.63. The third-order valence-electron chi connectivity index (χ3n) is 0.988. The molecule has 0 aliphatic carbocycles. The Kier molecular flexibility index (Phi) is 8.18. The van der Waals surface area contributed by atoms with E-state index in [1.54, 1.807) is 0 Å². The molecule has 0 aliphatic heterocycles. The van der Waals surface area contributed by atoms with Crippen LogP contribution in [0.15, 0.2) is 0 Å². The Morgan fingerprint density at radius 2 is 1.90 bits per heavy atom. The fourth-order valence-electron chi connectivity index (χ4n) is 0.440. The topological polar surface area (TPSA) is 21.7 Å². The number of likely N-dealkylation sites (N-methyl/N-ethyl adjacent to an activating group) is 1. The molecule has 0 N–H and O–H groups in total. The van der Waals surface area contributed by atoms with Crippen LogP contribution in [0.3, 0.4) is 0 Å². The lowest BCUT2D eigenvalue weighted by Gasteiger charge is -2.08. The second-order valence-corrected chi connectivity index (χ2v) is 2.85. The van der Waals surface area contributed by atoms with Gasteiger partial charge in [-0.15, -0.1) is 0 Å². The van der Waals surface area contributed by atoms with Crippen molar-refractivity contribution in [2.24, 2.45) is 0 Å². The van der Waals surface area contributed by atoms with Gasteiger partial charge in [-0.05, 0) is 14.1 Å². The van der Waals surface area contributed by atoms with E-state index in [2.05, 4.69) is 4.90 Å². The maximum atomic E-state index is 5.21. The Labute approximate surface area is 76.4 Å². The molecule has 4 heteroatoms. The number of hydrogen-bond acceptors (Lipinski definition) is 3. The minimum Gasteiger partial charge on any atom is -0.378 e. The van der Waals surface area contributed by atoms with Crippen LogP contribution in [-0.4, -0.2) is 45.4 Å². The van der Waals surface area contributed by atoms with Gasteiger partial charge < -0.3 is 12.7 Å². The van der Waals surface area contributed by atoms with Crippen molar-refractivity contribution in [1.82, 2.24) is 4.90 Å². The molecule has 0 bridgehead atoms. The second kappa shape index (κ2) is 7.71. The molecule has 0 rings (SSSR count). The van der Waals surface area contributed by atoms with Crippen LogP contribution in [0.4, 0.5) is 0 Å². The van der Waals surface area contributed by atoms with E-state index in [9.17, 15) is 0 Å². The minimum absolute atomic E-state index is 0.675. The van der Waals surface area contributed by atoms with E-state index in [4.69, 9.17) is 7.80 Å². The first kappa shape index (κ1) is 10.6. The Bertz CT molecular complexity index is 70.8. The summed E-state index contributed by atoms with van der Waals surface area (Å²) < 4.78 is 9.99. The van der Waals surface area contributed by atoms with Gasteiger partial charge in [0.2, 0.25) is 0 Å². The summed E-state index contributed by atoms with van der Waals surface area (Å²) in [6, 6.07) is 0. The summed E-state index contributed by atoms with van der Waals surface area (Å²) in [4.78, 5) is 2.09. The Hall–Kier alpha value is 0.610. The molecule has 0 saturated heterocycles. The van der Waals surface area contributed by atoms with Crippen LogP contribution in [-0.2, 0) is 7.80 Å². The lowest BCUT2D eigenvalue weighted by molar-refractivity contribution is 0.0997. The Morgan fingerprint density at radius 3 is 2.40 bits per heavy atom. The van der Waals surface area contributed by atoms with Gasteiger partial charge in [-0.25, -0.2) is 0 Å². The van der Waals surface area contributed by atoms with Crippen molar-refractivity contribution < 1.29 is 7.80 Å². The van der Waals surface area contributed by atoms with Gasteiger partial charge in [-0.1, -0.05) is 0 Å². The predicted octanol–water partition coefficient (Wildman–Crippen LogP) is 0.931. The summed E-state index contributed by atoms with van der Waals surface area (Å²) in [5, 5.41) is 0. The molecule has 0 saturated carbocycles. The molecule has 0 radical (unpaired) electrons. The zero-order valence-electron chi connectivity index (χ0n) is 6.47. The van der Waals surface area contributed by atoms with Gasteiger partial charge in [0.25, 0.3) is 0 Å². The van der Waals surface area contributed by atoms with Crippen molar-refractivity contribution in [3.8, 4) is 0 Å². The summed E-state index contributed by atoms with van der Waals surface area (Å²) in [7, 11) is 4.05. The molecule has 0 aromatic carbocycles. The standard InChI is InChI=1S/C6H14INO2/c1-8(2)3-4-9-5-6-10-7/h3-6H2,1-2H3. The molecule has 0 aliphatic rings. The van der Waals surface area contributed by atoms with Crippen LogP contribution >= 0.6 is 23.0 Å². The van der Waals surface area contributed by atoms with E-state index in [1.165, 1.54) is 0 Å². The maximum absolute atomic E-state index is 5.21. The smallest absolute Gasteiger partial charge is 0.109 e. The summed E-state index contributed by atoms with van der Waals surface area (Å²) in [6.07, 6.45) is 0. The molecule has 0 aromatic heterocycles. The maximum Gasteiger partial charge on any atom is 0.109 e. The van der Waals surface area contributed by atoms with Crippen LogP contribution in [0.5, 0.6) is 0 Å². The van der Waals surface area contributed by atoms with Crippen molar-refractivity contribution in [3.05, 3.63) is 0 Å². The van der Waals surface area contributed by atoms with Gasteiger partial charge in [0.15, 0.2) is 0 Å². The first-order valence-electron chi connectivity index (χ1n) is 3.23. The van der Waals surface area contributed by atoms with Gasteiger partial charge in [0.05, 0.1) is 19.8 Å². The van der Waals surface area contributed by atoms with Gasteiger partial charge >= 0.3 is 0 Å². The van der Waals surface area contributed by atoms with Crippen molar-refractivity contribution in [2.45, 2.75) is 0 Å². The molecule has 0 spiro atoms. The van der Waals surface area contributed by atoms with E-state index in [-0.39, 0.29) is 0 Å². The Morgan fingerprint density at radius 1 is 1.20 bits per heavy atom. The highest BCUT2D eigenvalue weighted by Crippen LogP contribution is 1.85. The first-order chi connectivity index (χ1) is 4.77. The van der Waals surface area contributed by atoms with Gasteiger partial charge in [-0.3, -0.25) is 0 Å². The highest BCUT2D eigenvalue weighted by Gasteiger charge is 1.89. The number of halogens is 1. The average molecular weight is 259 g/mol. The summed E-state index contributed by atoms with van der Waals surface area (Å²) in [5.41, 5.74) is 0. The normalized spacial score (nSPS) is 10.8. The van der Waals surface area contributed by atoms with Crippen LogP contribution < -0.4 is 0 Å². The largest absolute Gasteiger partial charge is 0.378 e. The number of nitrogens with zero attached hydrogens (tertiary/aromatic N) is 1. The SMILES string of the molecule is CN(C)CCOCCOI. The van der Waals surface area contributed by atoms with E-state index >= 15 is 0 Å². The summed E-state index contributed by atoms with van der Waals surface area (Å²) >= 11 is 1.86. The van der Waals surface area contributed by atoms with E-state index in [0.717, 1.165) is 13.2 Å². The lowest BCUT2D eigenvalue weighted by atomic mass is 10.6. The zero-order chi connectivity index (χ0) is 7.82. The Balaban J connectivity index is 2.77. The van der Waals surface area contributed by atoms with Crippen molar-refractivity contribution >= 4 is 23.0 Å².